The molecule has 0 saturated carbocycles. The maximum Gasteiger partial charge on any atom is 0.246 e. The van der Waals surface area contributed by atoms with Gasteiger partial charge in [0.1, 0.15) is 18.1 Å². The highest BCUT2D eigenvalue weighted by Crippen LogP contribution is 2.39. The van der Waals surface area contributed by atoms with Crippen molar-refractivity contribution in [2.24, 2.45) is 5.92 Å². The number of fused-ring (bicyclic) bond motifs is 1. The summed E-state index contributed by atoms with van der Waals surface area (Å²) < 4.78 is 61.5. The lowest BCUT2D eigenvalue weighted by Crippen LogP contribution is -2.50. The zero-order valence-corrected chi connectivity index (χ0v) is 12.0. The molecule has 21 heavy (non-hydrogen) atoms. The van der Waals surface area contributed by atoms with E-state index in [1.165, 1.54) is 10.4 Å². The molecule has 0 aromatic heterocycles. The highest BCUT2D eigenvalue weighted by atomic mass is 32.2. The molecule has 0 radical (unpaired) electrons. The van der Waals surface area contributed by atoms with Crippen LogP contribution in [0.1, 0.15) is 6.42 Å². The molecular weight excluding hydrogens is 304 g/mol. The quantitative estimate of drug-likeness (QED) is 0.848. The second-order valence-electron chi connectivity index (χ2n) is 5.10. The fourth-order valence-electron chi connectivity index (χ4n) is 2.51. The highest BCUT2D eigenvalue weighted by Gasteiger charge is 2.39. The number of alkyl halides is 2. The molecule has 0 aliphatic carbocycles. The van der Waals surface area contributed by atoms with Crippen molar-refractivity contribution < 1.29 is 26.7 Å². The third-order valence-electron chi connectivity index (χ3n) is 3.58. The van der Waals surface area contributed by atoms with E-state index < -0.39 is 16.4 Å². The van der Waals surface area contributed by atoms with Gasteiger partial charge in [-0.1, -0.05) is 6.07 Å². The van der Waals surface area contributed by atoms with Gasteiger partial charge in [-0.25, -0.2) is 17.2 Å². The Morgan fingerprint density at radius 2 is 1.95 bits per heavy atom. The molecule has 0 spiro atoms. The van der Waals surface area contributed by atoms with E-state index in [1.54, 1.807) is 12.1 Å². The number of nitrogens with zero attached hydrogens (tertiary/aromatic N) is 1. The second kappa shape index (κ2) is 5.42. The van der Waals surface area contributed by atoms with Gasteiger partial charge in [0.15, 0.2) is 11.5 Å². The Hall–Kier alpha value is -1.41. The van der Waals surface area contributed by atoms with Crippen molar-refractivity contribution in [2.45, 2.75) is 17.7 Å². The van der Waals surface area contributed by atoms with Crippen LogP contribution in [-0.2, 0) is 10.0 Å². The molecule has 116 valence electrons. The lowest BCUT2D eigenvalue weighted by Gasteiger charge is -2.38. The standard InChI is InChI=1S/C13H15F2NO4S/c14-12(15)6-9-7-16(8-9)21(17,18)11-3-1-2-10-13(11)20-5-4-19-10/h1-3,9,12H,4-8H2. The first-order valence-electron chi connectivity index (χ1n) is 6.65. The van der Waals surface area contributed by atoms with Gasteiger partial charge in [0, 0.05) is 19.5 Å². The summed E-state index contributed by atoms with van der Waals surface area (Å²) in [5.74, 6) is 0.324. The molecule has 0 amide bonds. The molecule has 2 aliphatic rings. The summed E-state index contributed by atoms with van der Waals surface area (Å²) in [6, 6.07) is 4.67. The summed E-state index contributed by atoms with van der Waals surface area (Å²) in [4.78, 5) is 0.0372. The predicted molar refractivity (Wildman–Crippen MR) is 70.3 cm³/mol. The molecule has 1 saturated heterocycles. The first-order chi connectivity index (χ1) is 9.98. The Balaban J connectivity index is 1.81. The first-order valence-corrected chi connectivity index (χ1v) is 8.09. The maximum atomic E-state index is 12.5. The molecular formula is C13H15F2NO4S. The zero-order chi connectivity index (χ0) is 15.0. The van der Waals surface area contributed by atoms with Crippen molar-refractivity contribution >= 4 is 10.0 Å². The van der Waals surface area contributed by atoms with Crippen LogP contribution in [0, 0.1) is 5.92 Å². The lowest BCUT2D eigenvalue weighted by molar-refractivity contribution is 0.0735. The Morgan fingerprint density at radius 3 is 2.67 bits per heavy atom. The van der Waals surface area contributed by atoms with E-state index in [0.717, 1.165) is 0 Å². The van der Waals surface area contributed by atoms with Crippen molar-refractivity contribution in [3.8, 4) is 11.5 Å². The van der Waals surface area contributed by atoms with Gasteiger partial charge in [-0.05, 0) is 18.1 Å². The third-order valence-corrected chi connectivity index (χ3v) is 5.44. The van der Waals surface area contributed by atoms with Crippen molar-refractivity contribution in [2.75, 3.05) is 26.3 Å². The van der Waals surface area contributed by atoms with Gasteiger partial charge < -0.3 is 9.47 Å². The molecule has 2 aliphatic heterocycles. The molecule has 0 atom stereocenters. The first kappa shape index (κ1) is 14.5. The van der Waals surface area contributed by atoms with Crippen molar-refractivity contribution in [3.63, 3.8) is 0 Å². The Bertz CT molecular complexity index is 629. The average Bonchev–Trinajstić information content (AvgIpc) is 2.41. The molecule has 3 rings (SSSR count). The lowest BCUT2D eigenvalue weighted by atomic mass is 10.00. The summed E-state index contributed by atoms with van der Waals surface area (Å²) in [5, 5.41) is 0. The summed E-state index contributed by atoms with van der Waals surface area (Å²) in [6.45, 7) is 0.901. The SMILES string of the molecule is O=S(=O)(c1cccc2c1OCCO2)N1CC(CC(F)F)C1. The number of halogens is 2. The van der Waals surface area contributed by atoms with Crippen LogP contribution in [0.25, 0.3) is 0 Å². The second-order valence-corrected chi connectivity index (χ2v) is 7.00. The normalized spacial score (nSPS) is 19.6. The van der Waals surface area contributed by atoms with Gasteiger partial charge in [0.2, 0.25) is 16.4 Å². The van der Waals surface area contributed by atoms with Gasteiger partial charge in [-0.15, -0.1) is 0 Å². The van der Waals surface area contributed by atoms with E-state index in [0.29, 0.717) is 12.4 Å². The molecule has 1 aromatic rings. The summed E-state index contributed by atoms with van der Waals surface area (Å²) in [6.07, 6.45) is -2.67. The van der Waals surface area contributed by atoms with Crippen molar-refractivity contribution in [1.29, 1.82) is 0 Å². The third kappa shape index (κ3) is 2.69. The Morgan fingerprint density at radius 1 is 1.24 bits per heavy atom. The number of para-hydroxylation sites is 1. The molecule has 1 fully saturated rings. The van der Waals surface area contributed by atoms with Crippen LogP contribution in [0.2, 0.25) is 0 Å². The van der Waals surface area contributed by atoms with Gasteiger partial charge >= 0.3 is 0 Å². The van der Waals surface area contributed by atoms with Gasteiger partial charge in [0.05, 0.1) is 0 Å². The number of hydrogen-bond donors (Lipinski definition) is 0. The predicted octanol–water partition coefficient (Wildman–Crippen LogP) is 1.73. The van der Waals surface area contributed by atoms with Crippen molar-refractivity contribution in [1.82, 2.24) is 4.31 Å². The maximum absolute atomic E-state index is 12.5. The van der Waals surface area contributed by atoms with Crippen LogP contribution in [0.15, 0.2) is 23.1 Å². The number of rotatable bonds is 4. The smallest absolute Gasteiger partial charge is 0.246 e. The van der Waals surface area contributed by atoms with Crippen molar-refractivity contribution in [3.05, 3.63) is 18.2 Å². The van der Waals surface area contributed by atoms with Crippen LogP contribution in [-0.4, -0.2) is 45.5 Å². The molecule has 8 heteroatoms. The van der Waals surface area contributed by atoms with Crippen LogP contribution < -0.4 is 9.47 Å². The molecule has 1 aromatic carbocycles. The molecule has 0 unspecified atom stereocenters. The Labute approximate surface area is 121 Å². The fraction of sp³-hybridized carbons (Fsp3) is 0.538. The van der Waals surface area contributed by atoms with E-state index in [2.05, 4.69) is 0 Å². The fourth-order valence-corrected chi connectivity index (χ4v) is 4.25. The van der Waals surface area contributed by atoms with E-state index in [9.17, 15) is 17.2 Å². The minimum absolute atomic E-state index is 0.0372. The number of benzene rings is 1. The van der Waals surface area contributed by atoms with E-state index in [-0.39, 0.29) is 42.7 Å². The summed E-state index contributed by atoms with van der Waals surface area (Å²) in [5.41, 5.74) is 0. The average molecular weight is 319 g/mol. The van der Waals surface area contributed by atoms with E-state index in [1.807, 2.05) is 0 Å². The largest absolute Gasteiger partial charge is 0.486 e. The highest BCUT2D eigenvalue weighted by molar-refractivity contribution is 7.89. The monoisotopic (exact) mass is 319 g/mol. The topological polar surface area (TPSA) is 55.8 Å². The van der Waals surface area contributed by atoms with Crippen LogP contribution in [0.3, 0.4) is 0 Å². The number of ether oxygens (including phenoxy) is 2. The number of sulfonamides is 1. The van der Waals surface area contributed by atoms with Crippen LogP contribution >= 0.6 is 0 Å². The summed E-state index contributed by atoms with van der Waals surface area (Å²) >= 11 is 0. The Kier molecular flexibility index (Phi) is 3.75. The number of hydrogen-bond acceptors (Lipinski definition) is 4. The van der Waals surface area contributed by atoms with E-state index >= 15 is 0 Å². The molecule has 0 bridgehead atoms. The molecule has 2 heterocycles. The zero-order valence-electron chi connectivity index (χ0n) is 11.2. The molecule has 5 nitrogen and oxygen atoms in total. The van der Waals surface area contributed by atoms with Gasteiger partial charge in [-0.2, -0.15) is 4.31 Å². The van der Waals surface area contributed by atoms with Gasteiger partial charge in [0.25, 0.3) is 0 Å². The van der Waals surface area contributed by atoms with Crippen LogP contribution in [0.5, 0.6) is 11.5 Å². The molecule has 0 N–H and O–H groups in total. The van der Waals surface area contributed by atoms with Crippen LogP contribution in [0.4, 0.5) is 8.78 Å². The van der Waals surface area contributed by atoms with E-state index in [4.69, 9.17) is 9.47 Å². The summed E-state index contributed by atoms with van der Waals surface area (Å²) in [7, 11) is -3.73. The van der Waals surface area contributed by atoms with Gasteiger partial charge in [-0.3, -0.25) is 0 Å². The minimum atomic E-state index is -3.73. The minimum Gasteiger partial charge on any atom is -0.486 e.